The lowest BCUT2D eigenvalue weighted by Crippen LogP contribution is -2.53. The Labute approximate surface area is 179 Å². The summed E-state index contributed by atoms with van der Waals surface area (Å²) in [6.45, 7) is 16.1. The number of piperidine rings is 1. The van der Waals surface area contributed by atoms with Gasteiger partial charge in [-0.05, 0) is 46.0 Å². The van der Waals surface area contributed by atoms with Crippen molar-refractivity contribution in [3.8, 4) is 0 Å². The van der Waals surface area contributed by atoms with Gasteiger partial charge in [0.15, 0.2) is 0 Å². The van der Waals surface area contributed by atoms with E-state index in [0.29, 0.717) is 41.9 Å². The number of fused-ring (bicyclic) bond motifs is 1. The molecule has 2 amide bonds. The summed E-state index contributed by atoms with van der Waals surface area (Å²) in [6.07, 6.45) is 2.73. The molecule has 166 valence electrons. The van der Waals surface area contributed by atoms with Gasteiger partial charge in [-0.15, -0.1) is 0 Å². The van der Waals surface area contributed by atoms with Gasteiger partial charge in [-0.1, -0.05) is 19.0 Å². The van der Waals surface area contributed by atoms with Crippen molar-refractivity contribution >= 4 is 11.8 Å². The standard InChI is InChI=1S/C23H36N4O3/c1-6-26-12-9-23(21(26)29)15-25(13-16(2)3)14-22(23)7-10-27(11-8-22)20(28)19-17(4)24-30-18(19)5/h16H,6-15H2,1-5H3/t23-/m1/s1. The van der Waals surface area contributed by atoms with Crippen LogP contribution in [0.2, 0.25) is 0 Å². The van der Waals surface area contributed by atoms with Crippen LogP contribution in [0.15, 0.2) is 4.52 Å². The smallest absolute Gasteiger partial charge is 0.259 e. The first-order valence-corrected chi connectivity index (χ1v) is 11.5. The van der Waals surface area contributed by atoms with Crippen molar-refractivity contribution in [2.75, 3.05) is 45.8 Å². The number of aromatic nitrogens is 1. The second kappa shape index (κ2) is 7.66. The molecule has 0 N–H and O–H groups in total. The maximum Gasteiger partial charge on any atom is 0.259 e. The van der Waals surface area contributed by atoms with Crippen molar-refractivity contribution in [1.82, 2.24) is 19.9 Å². The molecule has 0 saturated carbocycles. The van der Waals surface area contributed by atoms with E-state index in [1.54, 1.807) is 6.92 Å². The van der Waals surface area contributed by atoms with Crippen molar-refractivity contribution < 1.29 is 14.1 Å². The summed E-state index contributed by atoms with van der Waals surface area (Å²) in [4.78, 5) is 33.2. The third-order valence-electron chi connectivity index (χ3n) is 7.80. The van der Waals surface area contributed by atoms with E-state index in [1.807, 2.05) is 16.7 Å². The van der Waals surface area contributed by atoms with Crippen LogP contribution in [0.1, 0.15) is 61.8 Å². The van der Waals surface area contributed by atoms with E-state index in [2.05, 4.69) is 30.8 Å². The first-order chi connectivity index (χ1) is 14.2. The van der Waals surface area contributed by atoms with E-state index >= 15 is 0 Å². The average Bonchev–Trinajstić information content (AvgIpc) is 3.30. The van der Waals surface area contributed by atoms with Crippen LogP contribution in [0.3, 0.4) is 0 Å². The van der Waals surface area contributed by atoms with Crippen LogP contribution in [-0.4, -0.2) is 77.5 Å². The highest BCUT2D eigenvalue weighted by Gasteiger charge is 2.65. The normalized spacial score (nSPS) is 26.7. The van der Waals surface area contributed by atoms with Gasteiger partial charge in [0.25, 0.3) is 5.91 Å². The van der Waals surface area contributed by atoms with Gasteiger partial charge in [-0.25, -0.2) is 0 Å². The van der Waals surface area contributed by atoms with E-state index in [9.17, 15) is 9.59 Å². The molecule has 7 heteroatoms. The highest BCUT2D eigenvalue weighted by atomic mass is 16.5. The molecule has 3 saturated heterocycles. The van der Waals surface area contributed by atoms with Gasteiger partial charge in [0.2, 0.25) is 5.91 Å². The van der Waals surface area contributed by atoms with Crippen LogP contribution in [0, 0.1) is 30.6 Å². The molecule has 0 bridgehead atoms. The predicted octanol–water partition coefficient (Wildman–Crippen LogP) is 2.72. The number of hydrogen-bond acceptors (Lipinski definition) is 5. The van der Waals surface area contributed by atoms with Crippen molar-refractivity contribution in [2.24, 2.45) is 16.7 Å². The lowest BCUT2D eigenvalue weighted by molar-refractivity contribution is -0.141. The first kappa shape index (κ1) is 21.3. The number of aryl methyl sites for hydroxylation is 2. The van der Waals surface area contributed by atoms with Crippen molar-refractivity contribution in [2.45, 2.75) is 53.9 Å². The number of rotatable bonds is 4. The van der Waals surface area contributed by atoms with Crippen LogP contribution in [0.5, 0.6) is 0 Å². The monoisotopic (exact) mass is 416 g/mol. The van der Waals surface area contributed by atoms with Gasteiger partial charge >= 0.3 is 0 Å². The predicted molar refractivity (Wildman–Crippen MR) is 114 cm³/mol. The fraction of sp³-hybridized carbons (Fsp3) is 0.783. The molecular weight excluding hydrogens is 380 g/mol. The topological polar surface area (TPSA) is 69.9 Å². The zero-order valence-corrected chi connectivity index (χ0v) is 19.2. The second-order valence-corrected chi connectivity index (χ2v) is 10.1. The number of carbonyl (C=O) groups excluding carboxylic acids is 2. The number of carbonyl (C=O) groups is 2. The molecule has 3 fully saturated rings. The Morgan fingerprint density at radius 3 is 2.37 bits per heavy atom. The van der Waals surface area contributed by atoms with E-state index in [4.69, 9.17) is 4.52 Å². The summed E-state index contributed by atoms with van der Waals surface area (Å²) in [6, 6.07) is 0. The van der Waals surface area contributed by atoms with Crippen molar-refractivity contribution in [3.63, 3.8) is 0 Å². The summed E-state index contributed by atoms with van der Waals surface area (Å²) >= 11 is 0. The third kappa shape index (κ3) is 3.17. The molecule has 3 aliphatic heterocycles. The van der Waals surface area contributed by atoms with Crippen LogP contribution in [0.25, 0.3) is 0 Å². The Hall–Kier alpha value is -1.89. The minimum Gasteiger partial charge on any atom is -0.361 e. The van der Waals surface area contributed by atoms with Crippen LogP contribution >= 0.6 is 0 Å². The molecule has 0 aromatic carbocycles. The Kier molecular flexibility index (Phi) is 5.45. The molecule has 2 spiro atoms. The maximum absolute atomic E-state index is 13.6. The summed E-state index contributed by atoms with van der Waals surface area (Å²) in [5.74, 6) is 1.53. The third-order valence-corrected chi connectivity index (χ3v) is 7.80. The van der Waals surface area contributed by atoms with E-state index in [1.165, 1.54) is 0 Å². The van der Waals surface area contributed by atoms with Gasteiger partial charge < -0.3 is 19.2 Å². The number of hydrogen-bond donors (Lipinski definition) is 0. The second-order valence-electron chi connectivity index (χ2n) is 10.1. The number of nitrogens with zero attached hydrogens (tertiary/aromatic N) is 4. The lowest BCUT2D eigenvalue weighted by atomic mass is 9.60. The fourth-order valence-electron chi connectivity index (χ4n) is 6.33. The Morgan fingerprint density at radius 2 is 1.83 bits per heavy atom. The highest BCUT2D eigenvalue weighted by molar-refractivity contribution is 5.96. The zero-order valence-electron chi connectivity index (χ0n) is 19.2. The number of likely N-dealkylation sites (tertiary alicyclic amines) is 3. The molecule has 7 nitrogen and oxygen atoms in total. The summed E-state index contributed by atoms with van der Waals surface area (Å²) in [7, 11) is 0. The summed E-state index contributed by atoms with van der Waals surface area (Å²) in [5.41, 5.74) is 0.944. The molecule has 0 radical (unpaired) electrons. The Morgan fingerprint density at radius 1 is 1.13 bits per heavy atom. The Balaban J connectivity index is 1.57. The molecule has 1 atom stereocenters. The van der Waals surface area contributed by atoms with Crippen LogP contribution in [-0.2, 0) is 4.79 Å². The van der Waals surface area contributed by atoms with Gasteiger partial charge in [0.1, 0.15) is 11.3 Å². The SMILES string of the molecule is CCN1CC[C@@]2(CN(CC(C)C)CC23CCN(C(=O)c2c(C)noc2C)CC3)C1=O. The van der Waals surface area contributed by atoms with Crippen LogP contribution < -0.4 is 0 Å². The van der Waals surface area contributed by atoms with Gasteiger partial charge in [0, 0.05) is 51.2 Å². The molecule has 4 heterocycles. The summed E-state index contributed by atoms with van der Waals surface area (Å²) < 4.78 is 5.21. The molecule has 1 aromatic heterocycles. The molecular formula is C23H36N4O3. The lowest BCUT2D eigenvalue weighted by Gasteiger charge is -2.47. The molecule has 0 aliphatic carbocycles. The van der Waals surface area contributed by atoms with E-state index in [-0.39, 0.29) is 16.7 Å². The van der Waals surface area contributed by atoms with Gasteiger partial charge in [-0.3, -0.25) is 9.59 Å². The Bertz CT molecular complexity index is 805. The van der Waals surface area contributed by atoms with E-state index < -0.39 is 0 Å². The zero-order chi connectivity index (χ0) is 21.7. The molecule has 1 aromatic rings. The molecule has 0 unspecified atom stereocenters. The fourth-order valence-corrected chi connectivity index (χ4v) is 6.33. The molecule has 4 rings (SSSR count). The van der Waals surface area contributed by atoms with Gasteiger partial charge in [0.05, 0.1) is 11.1 Å². The van der Waals surface area contributed by atoms with Gasteiger partial charge in [-0.2, -0.15) is 0 Å². The quantitative estimate of drug-likeness (QED) is 0.755. The largest absolute Gasteiger partial charge is 0.361 e. The summed E-state index contributed by atoms with van der Waals surface area (Å²) in [5, 5.41) is 3.95. The highest BCUT2D eigenvalue weighted by Crippen LogP contribution is 2.58. The van der Waals surface area contributed by atoms with Crippen molar-refractivity contribution in [1.29, 1.82) is 0 Å². The molecule has 3 aliphatic rings. The number of amides is 2. The van der Waals surface area contributed by atoms with E-state index in [0.717, 1.165) is 52.0 Å². The average molecular weight is 417 g/mol. The van der Waals surface area contributed by atoms with Crippen LogP contribution in [0.4, 0.5) is 0 Å². The maximum atomic E-state index is 13.6. The molecule has 30 heavy (non-hydrogen) atoms. The van der Waals surface area contributed by atoms with Crippen molar-refractivity contribution in [3.05, 3.63) is 17.0 Å². The minimum atomic E-state index is -0.282. The first-order valence-electron chi connectivity index (χ1n) is 11.5. The minimum absolute atomic E-state index is 0.0140.